The predicted octanol–water partition coefficient (Wildman–Crippen LogP) is 3.41. The summed E-state index contributed by atoms with van der Waals surface area (Å²) in [7, 11) is 0. The maximum atomic E-state index is 12.3. The zero-order chi connectivity index (χ0) is 17.8. The molecule has 0 unspecified atom stereocenters. The van der Waals surface area contributed by atoms with Crippen LogP contribution in [-0.2, 0) is 13.0 Å². The van der Waals surface area contributed by atoms with Gasteiger partial charge in [0.1, 0.15) is 11.6 Å². The molecule has 1 aliphatic heterocycles. The van der Waals surface area contributed by atoms with Crippen LogP contribution in [0, 0.1) is 0 Å². The second-order valence-electron chi connectivity index (χ2n) is 6.13. The molecule has 1 aromatic heterocycles. The monoisotopic (exact) mass is 338 g/mol. The van der Waals surface area contributed by atoms with Gasteiger partial charge in [-0.2, -0.15) is 0 Å². The van der Waals surface area contributed by atoms with E-state index in [-0.39, 0.29) is 11.9 Å². The van der Waals surface area contributed by atoms with Gasteiger partial charge in [0.15, 0.2) is 0 Å². The lowest BCUT2D eigenvalue weighted by Gasteiger charge is -2.09. The van der Waals surface area contributed by atoms with Crippen LogP contribution in [0.2, 0.25) is 0 Å². The van der Waals surface area contributed by atoms with Crippen molar-refractivity contribution in [1.29, 1.82) is 0 Å². The molecule has 0 aliphatic carbocycles. The van der Waals surface area contributed by atoms with E-state index < -0.39 is 0 Å². The first-order valence-electron chi connectivity index (χ1n) is 8.43. The number of hydrogen-bond donors (Lipinski definition) is 2. The summed E-state index contributed by atoms with van der Waals surface area (Å²) in [6, 6.07) is 7.93. The summed E-state index contributed by atoms with van der Waals surface area (Å²) in [4.78, 5) is 24.2. The maximum Gasteiger partial charge on any atom is 0.253 e. The number of carbonyl (C=O) groups excluding carboxylic acids is 1. The first-order valence-corrected chi connectivity index (χ1v) is 8.43. The number of rotatable bonds is 4. The normalized spacial score (nSPS) is 13.2. The van der Waals surface area contributed by atoms with E-state index >= 15 is 0 Å². The van der Waals surface area contributed by atoms with Gasteiger partial charge in [0, 0.05) is 17.8 Å². The minimum Gasteiger partial charge on any atom is -0.438 e. The van der Waals surface area contributed by atoms with Gasteiger partial charge >= 0.3 is 0 Å². The standard InChI is InChI=1S/C19H22N4O2/c1-4-13-7-5-6-8-16(13)25-17-11-22-18-14(9-20-17)15(10-21-18)19(24)23-12(2)3/h5-8,10-12,21H,4,9H2,1-3H3,(H,23,24). The van der Waals surface area contributed by atoms with E-state index in [4.69, 9.17) is 4.74 Å². The molecule has 0 saturated heterocycles. The first kappa shape index (κ1) is 17.0. The fourth-order valence-electron chi connectivity index (χ4n) is 2.64. The highest BCUT2D eigenvalue weighted by Gasteiger charge is 2.19. The van der Waals surface area contributed by atoms with Gasteiger partial charge in [-0.3, -0.25) is 4.79 Å². The predicted molar refractivity (Wildman–Crippen MR) is 99.1 cm³/mol. The SMILES string of the molecule is CCc1ccccc1OC1=NCc2c(C(=O)NC(C)C)c[nH]c2N=C1. The van der Waals surface area contributed by atoms with Crippen molar-refractivity contribution in [3.63, 3.8) is 0 Å². The molecule has 6 heteroatoms. The van der Waals surface area contributed by atoms with Crippen LogP contribution in [0.25, 0.3) is 0 Å². The fraction of sp³-hybridized carbons (Fsp3) is 0.316. The van der Waals surface area contributed by atoms with E-state index in [2.05, 4.69) is 27.2 Å². The van der Waals surface area contributed by atoms with E-state index in [1.54, 1.807) is 12.4 Å². The molecule has 0 fully saturated rings. The number of fused-ring (bicyclic) bond motifs is 1. The third-order valence-corrected chi connectivity index (χ3v) is 3.89. The summed E-state index contributed by atoms with van der Waals surface area (Å²) in [5.74, 6) is 1.72. The Hall–Kier alpha value is -2.89. The van der Waals surface area contributed by atoms with Crippen molar-refractivity contribution in [2.75, 3.05) is 0 Å². The molecule has 0 spiro atoms. The van der Waals surface area contributed by atoms with Crippen molar-refractivity contribution in [1.82, 2.24) is 10.3 Å². The largest absolute Gasteiger partial charge is 0.438 e. The Morgan fingerprint density at radius 3 is 2.92 bits per heavy atom. The number of nitrogens with zero attached hydrogens (tertiary/aromatic N) is 2. The van der Waals surface area contributed by atoms with Gasteiger partial charge in [-0.15, -0.1) is 0 Å². The number of carbonyl (C=O) groups is 1. The molecule has 2 N–H and O–H groups in total. The first-order chi connectivity index (χ1) is 12.1. The molecule has 0 radical (unpaired) electrons. The second kappa shape index (κ2) is 7.34. The smallest absolute Gasteiger partial charge is 0.253 e. The van der Waals surface area contributed by atoms with Gasteiger partial charge in [-0.25, -0.2) is 9.98 Å². The molecule has 2 heterocycles. The molecule has 0 atom stereocenters. The number of hydrogen-bond acceptors (Lipinski definition) is 4. The van der Waals surface area contributed by atoms with Crippen molar-refractivity contribution in [3.05, 3.63) is 47.2 Å². The van der Waals surface area contributed by atoms with Gasteiger partial charge in [-0.1, -0.05) is 25.1 Å². The van der Waals surface area contributed by atoms with Gasteiger partial charge in [-0.05, 0) is 31.9 Å². The molecule has 0 saturated carbocycles. The molecule has 130 valence electrons. The van der Waals surface area contributed by atoms with E-state index in [0.717, 1.165) is 23.3 Å². The zero-order valence-corrected chi connectivity index (χ0v) is 14.7. The molecule has 25 heavy (non-hydrogen) atoms. The summed E-state index contributed by atoms with van der Waals surface area (Å²) in [5.41, 5.74) is 2.45. The maximum absolute atomic E-state index is 12.3. The van der Waals surface area contributed by atoms with Crippen LogP contribution in [0.4, 0.5) is 5.82 Å². The highest BCUT2D eigenvalue weighted by atomic mass is 16.5. The van der Waals surface area contributed by atoms with Crippen LogP contribution in [0.1, 0.15) is 42.3 Å². The number of aromatic nitrogens is 1. The van der Waals surface area contributed by atoms with Gasteiger partial charge < -0.3 is 15.0 Å². The number of aliphatic imine (C=N–C) groups is 2. The number of para-hydroxylation sites is 1. The van der Waals surface area contributed by atoms with Crippen LogP contribution in [0.3, 0.4) is 0 Å². The van der Waals surface area contributed by atoms with Gasteiger partial charge in [0.25, 0.3) is 5.91 Å². The lowest BCUT2D eigenvalue weighted by atomic mass is 10.1. The van der Waals surface area contributed by atoms with Crippen LogP contribution in [-0.4, -0.2) is 29.0 Å². The third kappa shape index (κ3) is 3.79. The molecule has 0 bridgehead atoms. The van der Waals surface area contributed by atoms with Crippen LogP contribution in [0.15, 0.2) is 40.4 Å². The molecule has 1 aromatic carbocycles. The number of H-pyrrole nitrogens is 1. The van der Waals surface area contributed by atoms with Crippen molar-refractivity contribution in [3.8, 4) is 5.75 Å². The highest BCUT2D eigenvalue weighted by molar-refractivity contribution is 6.28. The molecule has 1 aliphatic rings. The molecular formula is C19H22N4O2. The topological polar surface area (TPSA) is 78.8 Å². The molecule has 6 nitrogen and oxygen atoms in total. The minimum atomic E-state index is -0.126. The Morgan fingerprint density at radius 1 is 1.36 bits per heavy atom. The van der Waals surface area contributed by atoms with Crippen molar-refractivity contribution < 1.29 is 9.53 Å². The number of aryl methyl sites for hydroxylation is 1. The Labute approximate surface area is 147 Å². The van der Waals surface area contributed by atoms with Gasteiger partial charge in [0.05, 0.1) is 18.3 Å². The third-order valence-electron chi connectivity index (χ3n) is 3.89. The molecule has 2 aromatic rings. The average molecular weight is 338 g/mol. The highest BCUT2D eigenvalue weighted by Crippen LogP contribution is 2.25. The van der Waals surface area contributed by atoms with Gasteiger partial charge in [0.2, 0.25) is 5.90 Å². The Balaban J connectivity index is 1.81. The summed E-state index contributed by atoms with van der Waals surface area (Å²) in [5, 5.41) is 2.89. The van der Waals surface area contributed by atoms with E-state index in [1.807, 2.05) is 38.1 Å². The molecule has 1 amide bonds. The number of benzene rings is 1. The molecular weight excluding hydrogens is 316 g/mol. The fourth-order valence-corrected chi connectivity index (χ4v) is 2.64. The second-order valence-corrected chi connectivity index (χ2v) is 6.13. The average Bonchev–Trinajstić information content (AvgIpc) is 2.90. The van der Waals surface area contributed by atoms with Crippen LogP contribution < -0.4 is 10.1 Å². The summed E-state index contributed by atoms with van der Waals surface area (Å²) in [6.07, 6.45) is 4.13. The van der Waals surface area contributed by atoms with E-state index in [9.17, 15) is 4.79 Å². The Kier molecular flexibility index (Phi) is 4.97. The summed E-state index contributed by atoms with van der Waals surface area (Å²) >= 11 is 0. The number of ether oxygens (including phenoxy) is 1. The Morgan fingerprint density at radius 2 is 2.16 bits per heavy atom. The van der Waals surface area contributed by atoms with Crippen molar-refractivity contribution in [2.45, 2.75) is 39.8 Å². The lowest BCUT2D eigenvalue weighted by Crippen LogP contribution is -2.30. The van der Waals surface area contributed by atoms with Crippen LogP contribution >= 0.6 is 0 Å². The van der Waals surface area contributed by atoms with E-state index in [1.165, 1.54) is 0 Å². The number of aromatic amines is 1. The Bertz CT molecular complexity index is 834. The van der Waals surface area contributed by atoms with Crippen LogP contribution in [0.5, 0.6) is 5.75 Å². The van der Waals surface area contributed by atoms with E-state index in [0.29, 0.717) is 23.8 Å². The number of nitrogens with one attached hydrogen (secondary N) is 2. The van der Waals surface area contributed by atoms with Crippen molar-refractivity contribution >= 4 is 23.8 Å². The van der Waals surface area contributed by atoms with Crippen molar-refractivity contribution in [2.24, 2.45) is 9.98 Å². The molecule has 3 rings (SSSR count). The number of amides is 1. The summed E-state index contributed by atoms with van der Waals surface area (Å²) in [6.45, 7) is 6.27. The minimum absolute atomic E-state index is 0.0697. The quantitative estimate of drug-likeness (QED) is 0.896. The zero-order valence-electron chi connectivity index (χ0n) is 14.7. The lowest BCUT2D eigenvalue weighted by molar-refractivity contribution is 0.0942. The summed E-state index contributed by atoms with van der Waals surface area (Å²) < 4.78 is 5.91.